The summed E-state index contributed by atoms with van der Waals surface area (Å²) in [5.74, 6) is 0.594. The molecular formula is C27H29NO5. The fourth-order valence-corrected chi connectivity index (χ4v) is 3.51. The molecule has 0 unspecified atom stereocenters. The molecule has 0 atom stereocenters. The van der Waals surface area contributed by atoms with Crippen molar-refractivity contribution >= 4 is 17.6 Å². The van der Waals surface area contributed by atoms with Crippen molar-refractivity contribution in [3.05, 3.63) is 88.0 Å². The molecule has 0 aliphatic heterocycles. The summed E-state index contributed by atoms with van der Waals surface area (Å²) in [6.45, 7) is 8.76. The van der Waals surface area contributed by atoms with Gasteiger partial charge in [0.05, 0.1) is 25.0 Å². The predicted molar refractivity (Wildman–Crippen MR) is 128 cm³/mol. The highest BCUT2D eigenvalue weighted by Crippen LogP contribution is 2.27. The predicted octanol–water partition coefficient (Wildman–Crippen LogP) is 5.63. The van der Waals surface area contributed by atoms with Crippen molar-refractivity contribution < 1.29 is 23.8 Å². The number of nitrogens with one attached hydrogen (secondary N) is 1. The number of hydrogen-bond donors (Lipinski definition) is 1. The average molecular weight is 448 g/mol. The van der Waals surface area contributed by atoms with Crippen LogP contribution in [-0.4, -0.2) is 25.6 Å². The number of para-hydroxylation sites is 1. The lowest BCUT2D eigenvalue weighted by Gasteiger charge is -2.16. The summed E-state index contributed by atoms with van der Waals surface area (Å²) in [5.41, 5.74) is 5.20. The molecule has 0 spiro atoms. The van der Waals surface area contributed by atoms with Gasteiger partial charge in [0.15, 0.2) is 0 Å². The molecule has 1 amide bonds. The van der Waals surface area contributed by atoms with Crippen molar-refractivity contribution in [3.63, 3.8) is 0 Å². The second kappa shape index (κ2) is 10.7. The van der Waals surface area contributed by atoms with Gasteiger partial charge >= 0.3 is 5.97 Å². The van der Waals surface area contributed by atoms with Crippen LogP contribution >= 0.6 is 0 Å². The van der Waals surface area contributed by atoms with E-state index in [0.717, 1.165) is 28.0 Å². The minimum Gasteiger partial charge on any atom is -0.493 e. The Morgan fingerprint density at radius 2 is 1.67 bits per heavy atom. The van der Waals surface area contributed by atoms with E-state index in [9.17, 15) is 9.59 Å². The van der Waals surface area contributed by atoms with E-state index < -0.39 is 5.97 Å². The zero-order chi connectivity index (χ0) is 24.0. The smallest absolute Gasteiger partial charge is 0.339 e. The fraction of sp³-hybridized carbons (Fsp3) is 0.259. The lowest BCUT2D eigenvalue weighted by molar-refractivity contribution is 0.0602. The van der Waals surface area contributed by atoms with Gasteiger partial charge in [0.2, 0.25) is 0 Å². The van der Waals surface area contributed by atoms with Crippen LogP contribution in [0.3, 0.4) is 0 Å². The van der Waals surface area contributed by atoms with Crippen LogP contribution < -0.4 is 14.8 Å². The molecular weight excluding hydrogens is 418 g/mol. The van der Waals surface area contributed by atoms with Gasteiger partial charge in [-0.25, -0.2) is 4.79 Å². The molecule has 3 aromatic carbocycles. The summed E-state index contributed by atoms with van der Waals surface area (Å²) >= 11 is 0. The molecule has 0 aromatic heterocycles. The van der Waals surface area contributed by atoms with E-state index in [4.69, 9.17) is 14.2 Å². The van der Waals surface area contributed by atoms with Gasteiger partial charge in [-0.3, -0.25) is 4.79 Å². The van der Waals surface area contributed by atoms with Crippen LogP contribution in [0.1, 0.15) is 49.9 Å². The summed E-state index contributed by atoms with van der Waals surface area (Å²) in [5, 5.41) is 2.80. The van der Waals surface area contributed by atoms with Gasteiger partial charge < -0.3 is 19.5 Å². The topological polar surface area (TPSA) is 73.9 Å². The Labute approximate surface area is 194 Å². The highest BCUT2D eigenvalue weighted by Gasteiger charge is 2.16. The first-order valence-corrected chi connectivity index (χ1v) is 10.8. The quantitative estimate of drug-likeness (QED) is 0.453. The Morgan fingerprint density at radius 1 is 0.909 bits per heavy atom. The van der Waals surface area contributed by atoms with E-state index in [2.05, 4.69) is 18.3 Å². The summed E-state index contributed by atoms with van der Waals surface area (Å²) in [6, 6.07) is 16.0. The van der Waals surface area contributed by atoms with Gasteiger partial charge in [-0.15, -0.1) is 0 Å². The molecule has 0 radical (unpaired) electrons. The monoisotopic (exact) mass is 447 g/mol. The van der Waals surface area contributed by atoms with Gasteiger partial charge in [-0.1, -0.05) is 18.2 Å². The fourth-order valence-electron chi connectivity index (χ4n) is 3.51. The number of carbonyl (C=O) groups excluding carboxylic acids is 2. The summed E-state index contributed by atoms with van der Waals surface area (Å²) in [6.07, 6.45) is 0. The Kier molecular flexibility index (Phi) is 7.72. The number of aryl methyl sites for hydroxylation is 2. The Hall–Kier alpha value is -3.80. The highest BCUT2D eigenvalue weighted by molar-refractivity contribution is 6.08. The molecule has 0 saturated carbocycles. The summed E-state index contributed by atoms with van der Waals surface area (Å²) in [7, 11) is 1.30. The molecule has 0 saturated heterocycles. The first-order valence-electron chi connectivity index (χ1n) is 10.8. The minimum atomic E-state index is -0.518. The molecule has 172 valence electrons. The molecule has 3 rings (SSSR count). The molecule has 0 aliphatic rings. The number of benzene rings is 3. The molecule has 6 nitrogen and oxygen atoms in total. The minimum absolute atomic E-state index is 0.249. The largest absolute Gasteiger partial charge is 0.493 e. The number of carbonyl (C=O) groups is 2. The van der Waals surface area contributed by atoms with E-state index >= 15 is 0 Å². The van der Waals surface area contributed by atoms with Crippen LogP contribution in [0.2, 0.25) is 0 Å². The average Bonchev–Trinajstić information content (AvgIpc) is 2.81. The van der Waals surface area contributed by atoms with Crippen LogP contribution in [0.15, 0.2) is 54.6 Å². The van der Waals surface area contributed by atoms with Crippen molar-refractivity contribution in [2.45, 2.75) is 34.3 Å². The lowest BCUT2D eigenvalue weighted by atomic mass is 10.1. The standard InChI is InChI=1S/C27H29NO5/c1-6-32-24-12-11-20(26(29)28-23-10-8-7-9-22(23)27(30)31-5)15-21(24)16-33-25-14-17(2)13-18(3)19(25)4/h7-15H,6,16H2,1-5H3,(H,28,29). The molecule has 0 aliphatic carbocycles. The van der Waals surface area contributed by atoms with E-state index in [0.29, 0.717) is 23.6 Å². The maximum atomic E-state index is 13.0. The van der Waals surface area contributed by atoms with Crippen LogP contribution in [0.4, 0.5) is 5.69 Å². The number of rotatable bonds is 8. The van der Waals surface area contributed by atoms with Gasteiger partial charge in [0, 0.05) is 11.1 Å². The van der Waals surface area contributed by atoms with Crippen molar-refractivity contribution in [3.8, 4) is 11.5 Å². The molecule has 0 fully saturated rings. The maximum Gasteiger partial charge on any atom is 0.339 e. The van der Waals surface area contributed by atoms with Crippen molar-refractivity contribution in [2.24, 2.45) is 0 Å². The zero-order valence-corrected chi connectivity index (χ0v) is 19.7. The van der Waals surface area contributed by atoms with Crippen LogP contribution in [-0.2, 0) is 11.3 Å². The number of ether oxygens (including phenoxy) is 3. The number of esters is 1. The summed E-state index contributed by atoms with van der Waals surface area (Å²) in [4.78, 5) is 25.0. The van der Waals surface area contributed by atoms with Gasteiger partial charge in [-0.2, -0.15) is 0 Å². The third-order valence-corrected chi connectivity index (χ3v) is 5.35. The normalized spacial score (nSPS) is 10.5. The van der Waals surface area contributed by atoms with Crippen LogP contribution in [0.25, 0.3) is 0 Å². The van der Waals surface area contributed by atoms with Crippen LogP contribution in [0.5, 0.6) is 11.5 Å². The third-order valence-electron chi connectivity index (χ3n) is 5.35. The maximum absolute atomic E-state index is 13.0. The molecule has 0 heterocycles. The Balaban J connectivity index is 1.86. The van der Waals surface area contributed by atoms with Gasteiger partial charge in [-0.05, 0) is 80.8 Å². The number of amides is 1. The number of methoxy groups -OCH3 is 1. The zero-order valence-electron chi connectivity index (χ0n) is 19.7. The Bertz CT molecular complexity index is 1170. The molecule has 0 bridgehead atoms. The number of anilines is 1. The SMILES string of the molecule is CCOc1ccc(C(=O)Nc2ccccc2C(=O)OC)cc1COc1cc(C)cc(C)c1C. The summed E-state index contributed by atoms with van der Waals surface area (Å²) < 4.78 is 16.7. The Morgan fingerprint density at radius 3 is 2.39 bits per heavy atom. The van der Waals surface area contributed by atoms with E-state index in [1.807, 2.05) is 26.8 Å². The molecule has 1 N–H and O–H groups in total. The van der Waals surface area contributed by atoms with Crippen molar-refractivity contribution in [1.82, 2.24) is 0 Å². The highest BCUT2D eigenvalue weighted by atomic mass is 16.5. The van der Waals surface area contributed by atoms with Crippen molar-refractivity contribution in [1.29, 1.82) is 0 Å². The lowest BCUT2D eigenvalue weighted by Crippen LogP contribution is -2.16. The van der Waals surface area contributed by atoms with Gasteiger partial charge in [0.1, 0.15) is 18.1 Å². The third kappa shape index (κ3) is 5.71. The molecule has 33 heavy (non-hydrogen) atoms. The van der Waals surface area contributed by atoms with Crippen LogP contribution in [0, 0.1) is 20.8 Å². The van der Waals surface area contributed by atoms with E-state index in [1.54, 1.807) is 42.5 Å². The van der Waals surface area contributed by atoms with E-state index in [-0.39, 0.29) is 18.1 Å². The van der Waals surface area contributed by atoms with Gasteiger partial charge in [0.25, 0.3) is 5.91 Å². The first kappa shape index (κ1) is 23.9. The second-order valence-corrected chi connectivity index (χ2v) is 7.74. The molecule has 6 heteroatoms. The second-order valence-electron chi connectivity index (χ2n) is 7.74. The molecule has 3 aromatic rings. The van der Waals surface area contributed by atoms with E-state index in [1.165, 1.54) is 7.11 Å². The first-order chi connectivity index (χ1) is 15.8. The van der Waals surface area contributed by atoms with Crippen molar-refractivity contribution in [2.75, 3.05) is 19.0 Å². The number of hydrogen-bond acceptors (Lipinski definition) is 5.